The summed E-state index contributed by atoms with van der Waals surface area (Å²) in [7, 11) is 0. The van der Waals surface area contributed by atoms with Crippen molar-refractivity contribution in [2.75, 3.05) is 0 Å². The number of carbonyl (C=O) groups is 1. The fraction of sp³-hybridized carbons (Fsp3) is 0.632. The molecule has 1 aromatic carbocycles. The van der Waals surface area contributed by atoms with Crippen LogP contribution in [0.15, 0.2) is 24.3 Å². The van der Waals surface area contributed by atoms with E-state index in [4.69, 9.17) is 0 Å². The lowest BCUT2D eigenvalue weighted by Gasteiger charge is -2.50. The van der Waals surface area contributed by atoms with Crippen molar-refractivity contribution in [1.29, 1.82) is 0 Å². The van der Waals surface area contributed by atoms with Gasteiger partial charge in [0.25, 0.3) is 5.91 Å². The van der Waals surface area contributed by atoms with Gasteiger partial charge in [-0.1, -0.05) is 30.5 Å². The number of amides is 1. The van der Waals surface area contributed by atoms with E-state index in [0.717, 1.165) is 23.3 Å². The molecule has 0 heterocycles. The zero-order chi connectivity index (χ0) is 14.4. The molecule has 1 amide bonds. The van der Waals surface area contributed by atoms with Crippen molar-refractivity contribution in [3.63, 3.8) is 0 Å². The third-order valence-electron chi connectivity index (χ3n) is 6.42. The smallest absolute Gasteiger partial charge is 0.251 e. The molecule has 2 heteroatoms. The maximum absolute atomic E-state index is 12.7. The van der Waals surface area contributed by atoms with E-state index < -0.39 is 0 Å². The van der Waals surface area contributed by atoms with Gasteiger partial charge in [-0.2, -0.15) is 0 Å². The summed E-state index contributed by atoms with van der Waals surface area (Å²) in [4.78, 5) is 12.7. The molecule has 3 saturated carbocycles. The van der Waals surface area contributed by atoms with E-state index >= 15 is 0 Å². The van der Waals surface area contributed by atoms with E-state index in [9.17, 15) is 4.79 Å². The van der Waals surface area contributed by atoms with Gasteiger partial charge in [-0.15, -0.1) is 0 Å². The molecule has 1 aromatic rings. The number of aryl methyl sites for hydroxylation is 1. The largest absolute Gasteiger partial charge is 0.346 e. The molecule has 21 heavy (non-hydrogen) atoms. The average Bonchev–Trinajstić information content (AvgIpc) is 2.95. The number of benzene rings is 1. The molecule has 4 rings (SSSR count). The second kappa shape index (κ2) is 4.86. The molecular weight excluding hydrogens is 258 g/mol. The lowest BCUT2D eigenvalue weighted by atomic mass is 9.61. The van der Waals surface area contributed by atoms with Crippen molar-refractivity contribution in [3.05, 3.63) is 35.4 Å². The van der Waals surface area contributed by atoms with Crippen LogP contribution in [0.1, 0.15) is 60.9 Å². The number of nitrogens with one attached hydrogen (secondary N) is 1. The SMILES string of the molecule is Cc1ccc(C(=O)NC23CCCC(C2)C2CCC3C2)cc1. The maximum Gasteiger partial charge on any atom is 0.251 e. The number of hydrogen-bond donors (Lipinski definition) is 1. The maximum atomic E-state index is 12.7. The normalized spacial score (nSPS) is 37.3. The van der Waals surface area contributed by atoms with Crippen LogP contribution in [0.3, 0.4) is 0 Å². The van der Waals surface area contributed by atoms with E-state index in [-0.39, 0.29) is 11.4 Å². The Morgan fingerprint density at radius 3 is 2.76 bits per heavy atom. The first-order chi connectivity index (χ1) is 10.2. The molecule has 112 valence electrons. The molecule has 3 fully saturated rings. The monoisotopic (exact) mass is 283 g/mol. The molecule has 3 aliphatic carbocycles. The Balaban J connectivity index is 1.57. The fourth-order valence-electron chi connectivity index (χ4n) is 5.29. The Kier molecular flexibility index (Phi) is 3.09. The first-order valence-corrected chi connectivity index (χ1v) is 8.55. The van der Waals surface area contributed by atoms with Gasteiger partial charge in [0.05, 0.1) is 0 Å². The quantitative estimate of drug-likeness (QED) is 0.870. The van der Waals surface area contributed by atoms with Gasteiger partial charge in [0.15, 0.2) is 0 Å². The van der Waals surface area contributed by atoms with Gasteiger partial charge in [-0.05, 0) is 68.9 Å². The molecule has 0 aromatic heterocycles. The van der Waals surface area contributed by atoms with Crippen LogP contribution in [0.4, 0.5) is 0 Å². The first-order valence-electron chi connectivity index (χ1n) is 8.55. The highest BCUT2D eigenvalue weighted by molar-refractivity contribution is 5.94. The van der Waals surface area contributed by atoms with Gasteiger partial charge in [0.2, 0.25) is 0 Å². The van der Waals surface area contributed by atoms with Gasteiger partial charge in [-0.25, -0.2) is 0 Å². The predicted molar refractivity (Wildman–Crippen MR) is 84.2 cm³/mol. The molecular formula is C19H25NO. The van der Waals surface area contributed by atoms with Gasteiger partial charge in [-0.3, -0.25) is 4.79 Å². The molecule has 4 atom stereocenters. The van der Waals surface area contributed by atoms with Crippen molar-refractivity contribution < 1.29 is 4.79 Å². The predicted octanol–water partition coefficient (Wildman–Crippen LogP) is 4.08. The Morgan fingerprint density at radius 1 is 1.14 bits per heavy atom. The Morgan fingerprint density at radius 2 is 1.95 bits per heavy atom. The third-order valence-corrected chi connectivity index (χ3v) is 6.42. The number of rotatable bonds is 2. The minimum Gasteiger partial charge on any atom is -0.346 e. The molecule has 1 N–H and O–H groups in total. The fourth-order valence-corrected chi connectivity index (χ4v) is 5.29. The van der Waals surface area contributed by atoms with Crippen LogP contribution in [0.5, 0.6) is 0 Å². The van der Waals surface area contributed by atoms with Crippen LogP contribution in [-0.4, -0.2) is 11.4 Å². The highest BCUT2D eigenvalue weighted by Gasteiger charge is 2.53. The van der Waals surface area contributed by atoms with Crippen molar-refractivity contribution >= 4 is 5.91 Å². The lowest BCUT2D eigenvalue weighted by molar-refractivity contribution is 0.0453. The van der Waals surface area contributed by atoms with Gasteiger partial charge >= 0.3 is 0 Å². The highest BCUT2D eigenvalue weighted by atomic mass is 16.1. The molecule has 0 aliphatic heterocycles. The molecule has 0 radical (unpaired) electrons. The second-order valence-electron chi connectivity index (χ2n) is 7.60. The molecule has 2 nitrogen and oxygen atoms in total. The van der Waals surface area contributed by atoms with E-state index in [1.54, 1.807) is 0 Å². The molecule has 0 spiro atoms. The van der Waals surface area contributed by atoms with Gasteiger partial charge in [0, 0.05) is 11.1 Å². The van der Waals surface area contributed by atoms with Crippen molar-refractivity contribution in [3.8, 4) is 0 Å². The van der Waals surface area contributed by atoms with E-state index in [1.165, 1.54) is 50.5 Å². The van der Waals surface area contributed by atoms with Crippen molar-refractivity contribution in [2.45, 2.75) is 57.4 Å². The standard InChI is InChI=1S/C19H25NO/c1-13-4-6-14(7-5-13)18(21)20-19-10-2-3-16(12-19)15-8-9-17(19)11-15/h4-7,15-17H,2-3,8-12H2,1H3,(H,20,21). The van der Waals surface area contributed by atoms with Gasteiger partial charge < -0.3 is 5.32 Å². The lowest BCUT2D eigenvalue weighted by Crippen LogP contribution is -2.58. The summed E-state index contributed by atoms with van der Waals surface area (Å²) in [6.45, 7) is 2.06. The topological polar surface area (TPSA) is 29.1 Å². The third kappa shape index (κ3) is 2.20. The summed E-state index contributed by atoms with van der Waals surface area (Å²) < 4.78 is 0. The number of fused-ring (bicyclic) bond motifs is 6. The summed E-state index contributed by atoms with van der Waals surface area (Å²) in [6.07, 6.45) is 9.20. The van der Waals surface area contributed by atoms with Crippen LogP contribution in [0, 0.1) is 24.7 Å². The number of hydrogen-bond acceptors (Lipinski definition) is 1. The average molecular weight is 283 g/mol. The van der Waals surface area contributed by atoms with Crippen molar-refractivity contribution in [2.24, 2.45) is 17.8 Å². The summed E-state index contributed by atoms with van der Waals surface area (Å²) in [5.74, 6) is 2.70. The summed E-state index contributed by atoms with van der Waals surface area (Å²) in [6, 6.07) is 7.98. The minimum absolute atomic E-state index is 0.109. The summed E-state index contributed by atoms with van der Waals surface area (Å²) in [5.41, 5.74) is 2.13. The van der Waals surface area contributed by atoms with Crippen LogP contribution < -0.4 is 5.32 Å². The first kappa shape index (κ1) is 13.4. The van der Waals surface area contributed by atoms with Crippen LogP contribution >= 0.6 is 0 Å². The Hall–Kier alpha value is -1.31. The van der Waals surface area contributed by atoms with E-state index in [1.807, 2.05) is 24.3 Å². The summed E-state index contributed by atoms with van der Waals surface area (Å²) >= 11 is 0. The molecule has 4 bridgehead atoms. The van der Waals surface area contributed by atoms with Crippen LogP contribution in [-0.2, 0) is 0 Å². The Bertz CT molecular complexity index is 549. The zero-order valence-electron chi connectivity index (χ0n) is 12.9. The second-order valence-corrected chi connectivity index (χ2v) is 7.60. The molecule has 0 saturated heterocycles. The highest BCUT2D eigenvalue weighted by Crippen LogP contribution is 2.56. The molecule has 4 unspecified atom stereocenters. The molecule has 3 aliphatic rings. The van der Waals surface area contributed by atoms with E-state index in [0.29, 0.717) is 0 Å². The Labute approximate surface area is 127 Å². The van der Waals surface area contributed by atoms with E-state index in [2.05, 4.69) is 12.2 Å². The van der Waals surface area contributed by atoms with Crippen LogP contribution in [0.25, 0.3) is 0 Å². The van der Waals surface area contributed by atoms with Crippen LogP contribution in [0.2, 0.25) is 0 Å². The zero-order valence-corrected chi connectivity index (χ0v) is 12.9. The number of carbonyl (C=O) groups excluding carboxylic acids is 1. The van der Waals surface area contributed by atoms with Gasteiger partial charge in [0.1, 0.15) is 0 Å². The van der Waals surface area contributed by atoms with Crippen molar-refractivity contribution in [1.82, 2.24) is 5.32 Å². The summed E-state index contributed by atoms with van der Waals surface area (Å²) in [5, 5.41) is 3.49. The minimum atomic E-state index is 0.109.